The summed E-state index contributed by atoms with van der Waals surface area (Å²) in [7, 11) is 1.64. The van der Waals surface area contributed by atoms with Crippen molar-refractivity contribution in [3.8, 4) is 5.88 Å². The van der Waals surface area contributed by atoms with Crippen LogP contribution in [0.1, 0.15) is 32.1 Å². The summed E-state index contributed by atoms with van der Waals surface area (Å²) in [6, 6.07) is 5.78. The predicted molar refractivity (Wildman–Crippen MR) is 70.4 cm³/mol. The lowest BCUT2D eigenvalue weighted by Gasteiger charge is -2.13. The fraction of sp³-hybridized carbons (Fsp3) is 0.500. The third-order valence-electron chi connectivity index (χ3n) is 3.07. The highest BCUT2D eigenvalue weighted by atomic mass is 16.5. The molecule has 0 spiro atoms. The van der Waals surface area contributed by atoms with Gasteiger partial charge in [0.1, 0.15) is 5.82 Å². The summed E-state index contributed by atoms with van der Waals surface area (Å²) in [6.07, 6.45) is 8.75. The van der Waals surface area contributed by atoms with E-state index in [9.17, 15) is 0 Å². The summed E-state index contributed by atoms with van der Waals surface area (Å²) in [5.74, 6) is 1.55. The molecule has 0 saturated carbocycles. The molecule has 92 valence electrons. The third kappa shape index (κ3) is 3.77. The minimum atomic E-state index is 0.659. The molecule has 1 aromatic heterocycles. The molecule has 1 aliphatic carbocycles. The monoisotopic (exact) mass is 232 g/mol. The Bertz CT molecular complexity index is 388. The van der Waals surface area contributed by atoms with E-state index in [0.717, 1.165) is 18.8 Å². The van der Waals surface area contributed by atoms with Crippen molar-refractivity contribution in [3.05, 3.63) is 29.8 Å². The predicted octanol–water partition coefficient (Wildman–Crippen LogP) is 3.39. The zero-order valence-corrected chi connectivity index (χ0v) is 10.4. The Morgan fingerprint density at radius 2 is 2.29 bits per heavy atom. The summed E-state index contributed by atoms with van der Waals surface area (Å²) < 4.78 is 5.09. The number of nitrogens with zero attached hydrogens (tertiary/aromatic N) is 1. The molecular weight excluding hydrogens is 212 g/mol. The van der Waals surface area contributed by atoms with E-state index >= 15 is 0 Å². The van der Waals surface area contributed by atoms with Crippen LogP contribution in [-0.2, 0) is 0 Å². The molecule has 0 aliphatic heterocycles. The first-order chi connectivity index (χ1) is 8.38. The highest BCUT2D eigenvalue weighted by molar-refractivity contribution is 5.37. The Labute approximate surface area is 103 Å². The quantitative estimate of drug-likeness (QED) is 0.790. The average molecular weight is 232 g/mol. The number of ether oxygens (including phenoxy) is 1. The molecule has 1 heterocycles. The number of hydrogen-bond donors (Lipinski definition) is 1. The van der Waals surface area contributed by atoms with Crippen LogP contribution in [0.25, 0.3) is 0 Å². The van der Waals surface area contributed by atoms with E-state index in [1.54, 1.807) is 12.7 Å². The largest absolute Gasteiger partial charge is 0.481 e. The van der Waals surface area contributed by atoms with Gasteiger partial charge < -0.3 is 10.1 Å². The molecule has 17 heavy (non-hydrogen) atoms. The molecule has 0 radical (unpaired) electrons. The summed E-state index contributed by atoms with van der Waals surface area (Å²) in [5.41, 5.74) is 1.59. The molecule has 0 fully saturated rings. The third-order valence-corrected chi connectivity index (χ3v) is 3.07. The van der Waals surface area contributed by atoms with Crippen LogP contribution in [-0.4, -0.2) is 18.6 Å². The van der Waals surface area contributed by atoms with Crippen molar-refractivity contribution in [2.75, 3.05) is 19.0 Å². The van der Waals surface area contributed by atoms with Gasteiger partial charge in [-0.3, -0.25) is 0 Å². The van der Waals surface area contributed by atoms with Crippen LogP contribution in [0.2, 0.25) is 0 Å². The van der Waals surface area contributed by atoms with Crippen LogP contribution < -0.4 is 10.1 Å². The second kappa shape index (κ2) is 6.28. The number of rotatable bonds is 5. The Hall–Kier alpha value is -1.51. The van der Waals surface area contributed by atoms with Crippen LogP contribution in [0, 0.1) is 0 Å². The van der Waals surface area contributed by atoms with E-state index in [1.165, 1.54) is 25.7 Å². The van der Waals surface area contributed by atoms with Crippen molar-refractivity contribution >= 4 is 5.82 Å². The number of anilines is 1. The standard InChI is InChI=1S/C14H20N2O/c1-17-14-9-5-8-13(16-14)15-11-10-12-6-3-2-4-7-12/h5-6,8-9H,2-4,7,10-11H2,1H3,(H,15,16). The fourth-order valence-corrected chi connectivity index (χ4v) is 2.11. The summed E-state index contributed by atoms with van der Waals surface area (Å²) in [6.45, 7) is 0.950. The molecular formula is C14H20N2O. The van der Waals surface area contributed by atoms with Gasteiger partial charge in [0.05, 0.1) is 7.11 Å². The van der Waals surface area contributed by atoms with E-state index in [0.29, 0.717) is 5.88 Å². The first-order valence-corrected chi connectivity index (χ1v) is 6.31. The number of allylic oxidation sites excluding steroid dienone is 1. The van der Waals surface area contributed by atoms with Crippen molar-refractivity contribution in [1.82, 2.24) is 4.98 Å². The van der Waals surface area contributed by atoms with Crippen LogP contribution >= 0.6 is 0 Å². The summed E-state index contributed by atoms with van der Waals surface area (Å²) >= 11 is 0. The first kappa shape index (κ1) is 12.0. The zero-order chi connectivity index (χ0) is 11.9. The van der Waals surface area contributed by atoms with E-state index in [1.807, 2.05) is 18.2 Å². The van der Waals surface area contributed by atoms with Gasteiger partial charge in [-0.25, -0.2) is 0 Å². The van der Waals surface area contributed by atoms with E-state index in [4.69, 9.17) is 4.74 Å². The van der Waals surface area contributed by atoms with Crippen molar-refractivity contribution in [2.45, 2.75) is 32.1 Å². The average Bonchev–Trinajstić information content (AvgIpc) is 2.40. The molecule has 0 bridgehead atoms. The fourth-order valence-electron chi connectivity index (χ4n) is 2.11. The Morgan fingerprint density at radius 1 is 1.35 bits per heavy atom. The molecule has 0 amide bonds. The van der Waals surface area contributed by atoms with Crippen LogP contribution in [0.5, 0.6) is 5.88 Å². The Balaban J connectivity index is 1.79. The molecule has 1 N–H and O–H groups in total. The zero-order valence-electron chi connectivity index (χ0n) is 10.4. The topological polar surface area (TPSA) is 34.1 Å². The number of nitrogens with one attached hydrogen (secondary N) is 1. The Kier molecular flexibility index (Phi) is 4.42. The second-order valence-corrected chi connectivity index (χ2v) is 4.35. The van der Waals surface area contributed by atoms with Crippen molar-refractivity contribution in [1.29, 1.82) is 0 Å². The molecule has 3 nitrogen and oxygen atoms in total. The minimum absolute atomic E-state index is 0.659. The van der Waals surface area contributed by atoms with Crippen LogP contribution in [0.4, 0.5) is 5.82 Å². The maximum absolute atomic E-state index is 5.09. The number of methoxy groups -OCH3 is 1. The lowest BCUT2D eigenvalue weighted by molar-refractivity contribution is 0.398. The second-order valence-electron chi connectivity index (χ2n) is 4.35. The van der Waals surface area contributed by atoms with Crippen LogP contribution in [0.3, 0.4) is 0 Å². The van der Waals surface area contributed by atoms with Crippen molar-refractivity contribution in [3.63, 3.8) is 0 Å². The smallest absolute Gasteiger partial charge is 0.214 e. The van der Waals surface area contributed by atoms with Gasteiger partial charge in [0.2, 0.25) is 5.88 Å². The lowest BCUT2D eigenvalue weighted by Crippen LogP contribution is -2.06. The summed E-state index contributed by atoms with van der Waals surface area (Å²) in [4.78, 5) is 4.32. The van der Waals surface area contributed by atoms with E-state index < -0.39 is 0 Å². The van der Waals surface area contributed by atoms with E-state index in [2.05, 4.69) is 16.4 Å². The number of pyridine rings is 1. The van der Waals surface area contributed by atoms with Gasteiger partial charge in [-0.15, -0.1) is 0 Å². The van der Waals surface area contributed by atoms with Crippen LogP contribution in [0.15, 0.2) is 29.8 Å². The van der Waals surface area contributed by atoms with Gasteiger partial charge in [-0.2, -0.15) is 4.98 Å². The normalized spacial score (nSPS) is 15.2. The number of hydrogen-bond acceptors (Lipinski definition) is 3. The molecule has 0 aromatic carbocycles. The molecule has 1 aromatic rings. The molecule has 0 saturated heterocycles. The van der Waals surface area contributed by atoms with Gasteiger partial charge in [-0.05, 0) is 38.2 Å². The minimum Gasteiger partial charge on any atom is -0.481 e. The van der Waals surface area contributed by atoms with Crippen molar-refractivity contribution < 1.29 is 4.74 Å². The number of aromatic nitrogens is 1. The van der Waals surface area contributed by atoms with E-state index in [-0.39, 0.29) is 0 Å². The Morgan fingerprint density at radius 3 is 3.06 bits per heavy atom. The van der Waals surface area contributed by atoms with Gasteiger partial charge >= 0.3 is 0 Å². The SMILES string of the molecule is COc1cccc(NCCC2=CCCCC2)n1. The molecule has 3 heteroatoms. The highest BCUT2D eigenvalue weighted by Gasteiger charge is 2.03. The van der Waals surface area contributed by atoms with Gasteiger partial charge in [0.15, 0.2) is 0 Å². The van der Waals surface area contributed by atoms with Crippen molar-refractivity contribution in [2.24, 2.45) is 0 Å². The molecule has 0 atom stereocenters. The maximum Gasteiger partial charge on any atom is 0.214 e. The lowest BCUT2D eigenvalue weighted by atomic mass is 9.97. The first-order valence-electron chi connectivity index (χ1n) is 6.31. The van der Waals surface area contributed by atoms with Gasteiger partial charge in [0, 0.05) is 12.6 Å². The molecule has 0 unspecified atom stereocenters. The maximum atomic E-state index is 5.09. The summed E-state index contributed by atoms with van der Waals surface area (Å²) in [5, 5.41) is 3.33. The highest BCUT2D eigenvalue weighted by Crippen LogP contribution is 2.20. The van der Waals surface area contributed by atoms with Gasteiger partial charge in [-0.1, -0.05) is 17.7 Å². The molecule has 2 rings (SSSR count). The molecule has 1 aliphatic rings. The van der Waals surface area contributed by atoms with Gasteiger partial charge in [0.25, 0.3) is 0 Å².